The fourth-order valence-electron chi connectivity index (χ4n) is 4.20. The second-order valence-corrected chi connectivity index (χ2v) is 16.4. The fourth-order valence-corrected chi connectivity index (χ4v) is 6.62. The van der Waals surface area contributed by atoms with E-state index < -0.39 is 94.4 Å². The van der Waals surface area contributed by atoms with Crippen molar-refractivity contribution in [3.63, 3.8) is 0 Å². The number of rotatable bonds is 19. The number of hydrazone groups is 1. The van der Waals surface area contributed by atoms with Gasteiger partial charge in [-0.3, -0.25) is 14.5 Å². The highest BCUT2D eigenvalue weighted by molar-refractivity contribution is 7.94. The van der Waals surface area contributed by atoms with Crippen molar-refractivity contribution in [1.29, 1.82) is 0 Å². The monoisotopic (exact) mass is 877 g/mol. The first-order valence-corrected chi connectivity index (χ1v) is 20.5. The molecule has 0 aliphatic rings. The minimum atomic E-state index is -5.02. The molecule has 0 amide bonds. The molecule has 0 atom stereocenters. The maximum absolute atomic E-state index is 14.6. The van der Waals surface area contributed by atoms with Crippen LogP contribution < -0.4 is 15.6 Å². The summed E-state index contributed by atoms with van der Waals surface area (Å²) in [4.78, 5) is 23.2. The molecule has 0 aliphatic carbocycles. The summed E-state index contributed by atoms with van der Waals surface area (Å²) in [6.07, 6.45) is -1.41. The second kappa shape index (κ2) is 19.1. The predicted octanol–water partition coefficient (Wildman–Crippen LogP) is 3.06. The maximum Gasteiger partial charge on any atom is 0.397 e. The zero-order chi connectivity index (χ0) is 42.0. The molecule has 4 aromatic rings. The normalized spacial score (nSPS) is 12.5. The number of halogens is 1. The number of carboxylic acids is 1. The number of phenols is 1. The van der Waals surface area contributed by atoms with Gasteiger partial charge in [-0.15, -0.1) is 14.6 Å². The van der Waals surface area contributed by atoms with Crippen LogP contribution in [0.5, 0.6) is 5.75 Å². The van der Waals surface area contributed by atoms with Gasteiger partial charge in [0, 0.05) is 24.1 Å². The number of benzene rings is 3. The number of aromatic nitrogens is 3. The maximum atomic E-state index is 14.6. The fraction of sp³-hybridized carbons (Fsp3) is 0.179. The molecule has 0 unspecified atom stereocenters. The first kappa shape index (κ1) is 44.2. The van der Waals surface area contributed by atoms with Crippen LogP contribution in [0.15, 0.2) is 85.8 Å². The van der Waals surface area contributed by atoms with E-state index in [0.717, 1.165) is 11.0 Å². The first-order chi connectivity index (χ1) is 26.7. The van der Waals surface area contributed by atoms with Gasteiger partial charge >= 0.3 is 22.4 Å². The molecular weight excluding hydrogens is 850 g/mol. The number of phenolic OH excluding ortho intramolecular Hbond substituents is 1. The highest BCUT2D eigenvalue weighted by atomic mass is 32.3. The number of hydrogen-bond donors (Lipinski definition) is 7. The highest BCUT2D eigenvalue weighted by Gasteiger charge is 2.21. The van der Waals surface area contributed by atoms with Crippen molar-refractivity contribution < 1.29 is 72.6 Å². The van der Waals surface area contributed by atoms with Crippen molar-refractivity contribution in [2.45, 2.75) is 9.79 Å². The topological polar surface area (TPSA) is 351 Å². The Bertz CT molecular complexity index is 2500. The lowest BCUT2D eigenvalue weighted by Gasteiger charge is -2.18. The Balaban J connectivity index is 1.67. The molecule has 24 nitrogen and oxygen atoms in total. The van der Waals surface area contributed by atoms with Crippen molar-refractivity contribution in [1.82, 2.24) is 15.0 Å². The lowest BCUT2D eigenvalue weighted by atomic mass is 10.2. The highest BCUT2D eigenvalue weighted by Crippen LogP contribution is 2.39. The number of sulfone groups is 1. The molecule has 0 radical (unpaired) electrons. The standard InChI is InChI=1S/C28H28FN9O15S4/c1-38(9-11-55(43,44)12-10-51-57(48,49)50)28-32-26(29)31-27(33-28)30-21-14-18(56(45,46)47)15-22(23(21)39)35-37-24(16-5-3-2-4-6-16)36-34-20-13-17(54-53-52-42)7-8-19(20)25(40)41/h2-8,13-15,34,39,42H,9-12H2,1H3,(H,40,41)(H,45,46,47)(H,48,49,50)(H,30,31,32,33)/b36-24-,37-35?. The van der Waals surface area contributed by atoms with Gasteiger partial charge in [0.1, 0.15) is 5.69 Å². The van der Waals surface area contributed by atoms with Crippen LogP contribution in [0.2, 0.25) is 0 Å². The van der Waals surface area contributed by atoms with Gasteiger partial charge in [0.2, 0.25) is 17.7 Å². The minimum absolute atomic E-state index is 0.0955. The van der Waals surface area contributed by atoms with Crippen LogP contribution >= 0.6 is 12.0 Å². The molecule has 0 saturated carbocycles. The predicted molar refractivity (Wildman–Crippen MR) is 196 cm³/mol. The third-order valence-corrected chi connectivity index (χ3v) is 10.3. The van der Waals surface area contributed by atoms with Crippen molar-refractivity contribution in [3.8, 4) is 5.75 Å². The largest absolute Gasteiger partial charge is 0.504 e. The van der Waals surface area contributed by atoms with E-state index in [-0.39, 0.29) is 34.1 Å². The van der Waals surface area contributed by atoms with E-state index in [2.05, 4.69) is 54.6 Å². The Hall–Kier alpha value is -5.50. The van der Waals surface area contributed by atoms with Crippen LogP contribution in [0.25, 0.3) is 0 Å². The van der Waals surface area contributed by atoms with Crippen LogP contribution in [-0.2, 0) is 43.9 Å². The van der Waals surface area contributed by atoms with E-state index in [1.54, 1.807) is 18.2 Å². The number of aromatic hydroxyl groups is 1. The minimum Gasteiger partial charge on any atom is -0.504 e. The van der Waals surface area contributed by atoms with Gasteiger partial charge in [0.15, 0.2) is 15.6 Å². The zero-order valence-electron chi connectivity index (χ0n) is 28.6. The molecular formula is C28H28FN9O15S4. The second-order valence-electron chi connectivity index (χ2n) is 10.8. The quantitative estimate of drug-likeness (QED) is 0.0104. The van der Waals surface area contributed by atoms with Gasteiger partial charge < -0.3 is 20.4 Å². The molecule has 7 N–H and O–H groups in total. The van der Waals surface area contributed by atoms with Crippen LogP contribution in [0, 0.1) is 6.08 Å². The van der Waals surface area contributed by atoms with Gasteiger partial charge in [-0.25, -0.2) is 22.7 Å². The molecule has 57 heavy (non-hydrogen) atoms. The molecule has 0 aliphatic heterocycles. The van der Waals surface area contributed by atoms with E-state index in [4.69, 9.17) is 9.81 Å². The van der Waals surface area contributed by atoms with Crippen LogP contribution in [0.3, 0.4) is 0 Å². The number of hydrogen-bond acceptors (Lipinski definition) is 21. The third kappa shape index (κ3) is 13.6. The first-order valence-electron chi connectivity index (χ1n) is 15.1. The third-order valence-electron chi connectivity index (χ3n) is 6.86. The number of carbonyl (C=O) groups is 1. The number of carboxylic acid groups (broad SMARTS) is 1. The summed E-state index contributed by atoms with van der Waals surface area (Å²) in [7, 11) is -12.6. The molecule has 4 rings (SSSR count). The van der Waals surface area contributed by atoms with E-state index in [1.165, 1.54) is 37.4 Å². The van der Waals surface area contributed by atoms with E-state index in [0.29, 0.717) is 18.1 Å². The Morgan fingerprint density at radius 3 is 2.33 bits per heavy atom. The molecule has 0 bridgehead atoms. The van der Waals surface area contributed by atoms with Gasteiger partial charge in [-0.05, 0) is 30.3 Å². The van der Waals surface area contributed by atoms with Gasteiger partial charge in [-0.1, -0.05) is 35.4 Å². The lowest BCUT2D eigenvalue weighted by molar-refractivity contribution is -0.432. The molecule has 29 heteroatoms. The Labute approximate surface area is 325 Å². The SMILES string of the molecule is CN(CCS(=O)(=O)CCOS(=O)(=O)O)c1nc(F)nc(Nc2cc(S(=O)(=O)O)cc(N=N/C(=N\Nc3cc(SOOO)ccc3C(=O)O)c3ccccc3)c2O)n1. The number of azo groups is 1. The van der Waals surface area contributed by atoms with Gasteiger partial charge in [0.25, 0.3) is 10.1 Å². The molecule has 0 spiro atoms. The van der Waals surface area contributed by atoms with Crippen molar-refractivity contribution in [2.75, 3.05) is 47.3 Å². The Morgan fingerprint density at radius 2 is 1.68 bits per heavy atom. The number of nitrogens with one attached hydrogen (secondary N) is 2. The zero-order valence-corrected chi connectivity index (χ0v) is 31.8. The summed E-state index contributed by atoms with van der Waals surface area (Å²) in [5.41, 5.74) is 1.27. The average molecular weight is 878 g/mol. The van der Waals surface area contributed by atoms with Crippen LogP contribution in [0.1, 0.15) is 15.9 Å². The smallest absolute Gasteiger partial charge is 0.397 e. The van der Waals surface area contributed by atoms with Gasteiger partial charge in [0.05, 0.1) is 52.0 Å². The van der Waals surface area contributed by atoms with Gasteiger partial charge in [-0.2, -0.15) is 41.3 Å². The summed E-state index contributed by atoms with van der Waals surface area (Å²) in [5.74, 6) is -5.00. The van der Waals surface area contributed by atoms with Crippen molar-refractivity contribution >= 4 is 83.2 Å². The molecule has 0 saturated heterocycles. The summed E-state index contributed by atoms with van der Waals surface area (Å²) in [5, 5.41) is 47.2. The molecule has 306 valence electrons. The van der Waals surface area contributed by atoms with E-state index in [1.807, 2.05) is 0 Å². The summed E-state index contributed by atoms with van der Waals surface area (Å²) in [6, 6.07) is 13.1. The lowest BCUT2D eigenvalue weighted by Crippen LogP contribution is -2.29. The Kier molecular flexibility index (Phi) is 14.8. The molecule has 0 fully saturated rings. The van der Waals surface area contributed by atoms with E-state index >= 15 is 0 Å². The number of amidine groups is 1. The molecule has 1 aromatic heterocycles. The average Bonchev–Trinajstić information content (AvgIpc) is 3.13. The number of aromatic carboxylic acids is 1. The molecule has 3 aromatic carbocycles. The Morgan fingerprint density at radius 1 is 0.965 bits per heavy atom. The van der Waals surface area contributed by atoms with Crippen LogP contribution in [-0.4, -0.2) is 108 Å². The summed E-state index contributed by atoms with van der Waals surface area (Å²) < 4.78 is 112. The van der Waals surface area contributed by atoms with Crippen molar-refractivity contribution in [2.24, 2.45) is 15.3 Å². The molecule has 1 heterocycles. The number of anilines is 4. The number of nitrogens with zero attached hydrogens (tertiary/aromatic N) is 7. The summed E-state index contributed by atoms with van der Waals surface area (Å²) >= 11 is 0.526. The van der Waals surface area contributed by atoms with E-state index in [9.17, 15) is 49.2 Å². The van der Waals surface area contributed by atoms with Crippen LogP contribution in [0.4, 0.5) is 33.3 Å². The van der Waals surface area contributed by atoms with Crippen molar-refractivity contribution in [3.05, 3.63) is 77.9 Å². The summed E-state index contributed by atoms with van der Waals surface area (Å²) in [6.45, 7) is -1.24.